The van der Waals surface area contributed by atoms with Crippen molar-refractivity contribution in [3.63, 3.8) is 0 Å². The van der Waals surface area contributed by atoms with Gasteiger partial charge in [0.05, 0.1) is 29.6 Å². The summed E-state index contributed by atoms with van der Waals surface area (Å²) in [5.74, 6) is -2.04. The number of likely N-dealkylation sites (tertiary alicyclic amines) is 1. The normalized spacial score (nSPS) is 20.1. The molecular formula is C22H22F4N4O3S. The number of thiazole rings is 1. The minimum Gasteiger partial charge on any atom is -0.475 e. The van der Waals surface area contributed by atoms with Gasteiger partial charge in [-0.2, -0.15) is 13.2 Å². The first-order valence-electron chi connectivity index (χ1n) is 10.4. The van der Waals surface area contributed by atoms with Crippen molar-refractivity contribution in [3.05, 3.63) is 58.2 Å². The summed E-state index contributed by atoms with van der Waals surface area (Å²) < 4.78 is 53.6. The van der Waals surface area contributed by atoms with Crippen LogP contribution in [0.5, 0.6) is 0 Å². The molecule has 2 aromatic heterocycles. The lowest BCUT2D eigenvalue weighted by atomic mass is 10.0. The molecule has 1 unspecified atom stereocenters. The van der Waals surface area contributed by atoms with Gasteiger partial charge in [-0.15, -0.1) is 11.3 Å². The van der Waals surface area contributed by atoms with Gasteiger partial charge in [-0.05, 0) is 43.2 Å². The van der Waals surface area contributed by atoms with Crippen LogP contribution in [0.2, 0.25) is 0 Å². The van der Waals surface area contributed by atoms with Crippen LogP contribution in [0.4, 0.5) is 17.6 Å². The molecule has 0 aliphatic carbocycles. The topological polar surface area (TPSA) is 80.5 Å². The zero-order chi connectivity index (χ0) is 24.5. The fourth-order valence-electron chi connectivity index (χ4n) is 4.10. The maximum absolute atomic E-state index is 13.3. The minimum atomic E-state index is -5.08. The molecule has 5 rings (SSSR count). The van der Waals surface area contributed by atoms with Gasteiger partial charge in [0.2, 0.25) is 0 Å². The standard InChI is InChI=1S/C20H21FN4OS.C2HF3O2/c1-14-18(27-13-23-14)9-24-7-6-20(11-24)12-25-17(8-22-19(25)10-26-20)15-2-4-16(21)5-3-15;3-2(4,5)1(6)7/h2-5,8,13H,6-7,9-12H2,1H3;(H,6,7). The number of carbonyl (C=O) groups is 1. The summed E-state index contributed by atoms with van der Waals surface area (Å²) in [6.07, 6.45) is -2.20. The molecule has 0 saturated carbocycles. The summed E-state index contributed by atoms with van der Waals surface area (Å²) in [7, 11) is 0. The third kappa shape index (κ3) is 5.29. The van der Waals surface area contributed by atoms with Crippen molar-refractivity contribution < 1.29 is 32.2 Å². The number of fused-ring (bicyclic) bond motifs is 1. The number of carboxylic acids is 1. The Morgan fingerprint density at radius 3 is 2.56 bits per heavy atom. The van der Waals surface area contributed by atoms with Crippen molar-refractivity contribution in [2.24, 2.45) is 0 Å². The highest BCUT2D eigenvalue weighted by molar-refractivity contribution is 7.09. The molecule has 4 heterocycles. The first kappa shape index (κ1) is 24.3. The highest BCUT2D eigenvalue weighted by Crippen LogP contribution is 2.36. The smallest absolute Gasteiger partial charge is 0.475 e. The van der Waals surface area contributed by atoms with Crippen molar-refractivity contribution in [2.45, 2.75) is 44.8 Å². The molecule has 1 N–H and O–H groups in total. The van der Waals surface area contributed by atoms with Crippen LogP contribution in [0.3, 0.4) is 0 Å². The molecule has 12 heteroatoms. The number of hydrogen-bond acceptors (Lipinski definition) is 6. The van der Waals surface area contributed by atoms with E-state index < -0.39 is 12.1 Å². The molecule has 1 aromatic carbocycles. The van der Waals surface area contributed by atoms with E-state index in [9.17, 15) is 17.6 Å². The van der Waals surface area contributed by atoms with Gasteiger partial charge in [0, 0.05) is 24.5 Å². The lowest BCUT2D eigenvalue weighted by Crippen LogP contribution is -2.44. The van der Waals surface area contributed by atoms with Crippen LogP contribution in [0, 0.1) is 12.7 Å². The SMILES string of the molecule is Cc1ncsc1CN1CCC2(C1)Cn1c(-c3ccc(F)cc3)cnc1CO2.O=C(O)C(F)(F)F. The fourth-order valence-corrected chi connectivity index (χ4v) is 4.92. The Balaban J connectivity index is 0.000000344. The lowest BCUT2D eigenvalue weighted by Gasteiger charge is -2.35. The van der Waals surface area contributed by atoms with E-state index in [1.807, 2.05) is 23.8 Å². The molecular weight excluding hydrogens is 476 g/mol. The summed E-state index contributed by atoms with van der Waals surface area (Å²) in [6.45, 7) is 6.24. The average molecular weight is 499 g/mol. The second-order valence-corrected chi connectivity index (χ2v) is 9.19. The number of carboxylic acid groups (broad SMARTS) is 1. The molecule has 1 spiro atoms. The van der Waals surface area contributed by atoms with E-state index >= 15 is 0 Å². The van der Waals surface area contributed by atoms with E-state index in [0.717, 1.165) is 55.4 Å². The van der Waals surface area contributed by atoms with Crippen molar-refractivity contribution in [1.29, 1.82) is 0 Å². The van der Waals surface area contributed by atoms with Crippen molar-refractivity contribution in [1.82, 2.24) is 19.4 Å². The molecule has 0 bridgehead atoms. The Kier molecular flexibility index (Phi) is 6.74. The van der Waals surface area contributed by atoms with Gasteiger partial charge in [0.25, 0.3) is 0 Å². The van der Waals surface area contributed by atoms with E-state index in [2.05, 4.69) is 26.4 Å². The Morgan fingerprint density at radius 2 is 1.94 bits per heavy atom. The lowest BCUT2D eigenvalue weighted by molar-refractivity contribution is -0.192. The molecule has 34 heavy (non-hydrogen) atoms. The predicted molar refractivity (Wildman–Crippen MR) is 116 cm³/mol. The van der Waals surface area contributed by atoms with Gasteiger partial charge in [-0.1, -0.05) is 0 Å². The van der Waals surface area contributed by atoms with Gasteiger partial charge < -0.3 is 14.4 Å². The highest BCUT2D eigenvalue weighted by Gasteiger charge is 2.43. The van der Waals surface area contributed by atoms with Crippen molar-refractivity contribution in [2.75, 3.05) is 13.1 Å². The molecule has 0 amide bonds. The van der Waals surface area contributed by atoms with Gasteiger partial charge in [-0.3, -0.25) is 4.90 Å². The summed E-state index contributed by atoms with van der Waals surface area (Å²) in [4.78, 5) is 21.6. The van der Waals surface area contributed by atoms with Gasteiger partial charge >= 0.3 is 12.1 Å². The van der Waals surface area contributed by atoms with Crippen LogP contribution in [0.1, 0.15) is 22.8 Å². The van der Waals surface area contributed by atoms with Crippen LogP contribution >= 0.6 is 11.3 Å². The number of nitrogens with zero attached hydrogens (tertiary/aromatic N) is 4. The second kappa shape index (κ2) is 9.43. The van der Waals surface area contributed by atoms with Crippen LogP contribution in [0.15, 0.2) is 36.0 Å². The zero-order valence-electron chi connectivity index (χ0n) is 18.2. The number of halogens is 4. The summed E-state index contributed by atoms with van der Waals surface area (Å²) >= 11 is 1.72. The number of aromatic nitrogens is 3. The number of hydrogen-bond donors (Lipinski definition) is 1. The summed E-state index contributed by atoms with van der Waals surface area (Å²) in [5, 5.41) is 7.12. The number of aliphatic carboxylic acids is 1. The maximum Gasteiger partial charge on any atom is 0.490 e. The number of imidazole rings is 1. The molecule has 1 fully saturated rings. The predicted octanol–water partition coefficient (Wildman–Crippen LogP) is 4.26. The highest BCUT2D eigenvalue weighted by atomic mass is 32.1. The zero-order valence-corrected chi connectivity index (χ0v) is 19.0. The average Bonchev–Trinajstić information content (AvgIpc) is 3.49. The van der Waals surface area contributed by atoms with Gasteiger partial charge in [0.1, 0.15) is 23.8 Å². The number of rotatable bonds is 3. The number of aryl methyl sites for hydroxylation is 1. The van der Waals surface area contributed by atoms with E-state index in [0.29, 0.717) is 6.61 Å². The molecule has 182 valence electrons. The van der Waals surface area contributed by atoms with Gasteiger partial charge in [0.15, 0.2) is 0 Å². The molecule has 1 saturated heterocycles. The molecule has 1 atom stereocenters. The van der Waals surface area contributed by atoms with E-state index in [-0.39, 0.29) is 11.4 Å². The molecule has 0 radical (unpaired) electrons. The fraction of sp³-hybridized carbons (Fsp3) is 0.409. The molecule has 2 aliphatic heterocycles. The summed E-state index contributed by atoms with van der Waals surface area (Å²) in [5.41, 5.74) is 4.88. The largest absolute Gasteiger partial charge is 0.490 e. The summed E-state index contributed by atoms with van der Waals surface area (Å²) in [6, 6.07) is 6.63. The monoisotopic (exact) mass is 498 g/mol. The maximum atomic E-state index is 13.3. The van der Waals surface area contributed by atoms with Crippen molar-refractivity contribution in [3.8, 4) is 11.3 Å². The van der Waals surface area contributed by atoms with E-state index in [4.69, 9.17) is 14.6 Å². The first-order valence-corrected chi connectivity index (χ1v) is 11.3. The van der Waals surface area contributed by atoms with Crippen LogP contribution in [-0.2, 0) is 29.2 Å². The van der Waals surface area contributed by atoms with Crippen LogP contribution in [-0.4, -0.2) is 55.4 Å². The Hall–Kier alpha value is -2.83. The molecule has 2 aliphatic rings. The van der Waals surface area contributed by atoms with Crippen LogP contribution < -0.4 is 0 Å². The first-order chi connectivity index (χ1) is 16.1. The second-order valence-electron chi connectivity index (χ2n) is 8.25. The number of alkyl halides is 3. The Morgan fingerprint density at radius 1 is 1.24 bits per heavy atom. The van der Waals surface area contributed by atoms with E-state index in [1.54, 1.807) is 11.3 Å². The number of ether oxygens (including phenoxy) is 1. The van der Waals surface area contributed by atoms with Crippen molar-refractivity contribution >= 4 is 17.3 Å². The Labute approximate surface area is 196 Å². The molecule has 3 aromatic rings. The molecule has 7 nitrogen and oxygen atoms in total. The number of benzene rings is 1. The van der Waals surface area contributed by atoms with Gasteiger partial charge in [-0.25, -0.2) is 19.2 Å². The Bertz CT molecular complexity index is 1160. The van der Waals surface area contributed by atoms with E-state index in [1.165, 1.54) is 17.0 Å². The quantitative estimate of drug-likeness (QED) is 0.544. The minimum absolute atomic E-state index is 0.179. The third-order valence-corrected chi connectivity index (χ3v) is 6.80. The van der Waals surface area contributed by atoms with Crippen LogP contribution in [0.25, 0.3) is 11.3 Å². The third-order valence-electron chi connectivity index (χ3n) is 5.88.